The molecule has 0 amide bonds. The number of Topliss-reactive ketones (excluding diaryl/α,β-unsaturated/α-hetero) is 1. The highest BCUT2D eigenvalue weighted by atomic mass is 19.2. The molecule has 21 heavy (non-hydrogen) atoms. The van der Waals surface area contributed by atoms with Crippen LogP contribution in [0.15, 0.2) is 18.2 Å². The lowest BCUT2D eigenvalue weighted by Gasteiger charge is -2.35. The van der Waals surface area contributed by atoms with Crippen LogP contribution in [0.25, 0.3) is 0 Å². The number of halogens is 2. The van der Waals surface area contributed by atoms with E-state index in [0.29, 0.717) is 12.6 Å². The first kappa shape index (κ1) is 16.0. The standard InChI is InChI=1S/C16H22F2N2O/c1-19(2)12-6-9-20(10-7-12)11-8-15(21)13-4-3-5-14(17)16(13)18/h3-5,12H,6-11H2,1-2H3. The van der Waals surface area contributed by atoms with E-state index >= 15 is 0 Å². The maximum absolute atomic E-state index is 13.5. The fourth-order valence-electron chi connectivity index (χ4n) is 2.77. The lowest BCUT2D eigenvalue weighted by atomic mass is 10.0. The Bertz CT molecular complexity index is 497. The Hall–Kier alpha value is -1.33. The molecule has 2 rings (SSSR count). The molecule has 116 valence electrons. The number of nitrogens with zero attached hydrogens (tertiary/aromatic N) is 2. The summed E-state index contributed by atoms with van der Waals surface area (Å²) in [6.45, 7) is 2.50. The first-order valence-electron chi connectivity index (χ1n) is 7.35. The van der Waals surface area contributed by atoms with Gasteiger partial charge < -0.3 is 9.80 Å². The van der Waals surface area contributed by atoms with Gasteiger partial charge in [-0.15, -0.1) is 0 Å². The minimum atomic E-state index is -1.03. The Balaban J connectivity index is 1.84. The van der Waals surface area contributed by atoms with Crippen LogP contribution in [0.1, 0.15) is 29.6 Å². The second-order valence-electron chi connectivity index (χ2n) is 5.81. The first-order valence-corrected chi connectivity index (χ1v) is 7.35. The summed E-state index contributed by atoms with van der Waals surface area (Å²) in [5.41, 5.74) is -0.141. The highest BCUT2D eigenvalue weighted by Crippen LogP contribution is 2.16. The number of rotatable bonds is 5. The minimum absolute atomic E-state index is 0.141. The fourth-order valence-corrected chi connectivity index (χ4v) is 2.77. The van der Waals surface area contributed by atoms with Gasteiger partial charge in [-0.05, 0) is 52.2 Å². The van der Waals surface area contributed by atoms with Crippen LogP contribution in [0, 0.1) is 11.6 Å². The zero-order valence-corrected chi connectivity index (χ0v) is 12.6. The van der Waals surface area contributed by atoms with Crippen LogP contribution in [-0.4, -0.2) is 55.4 Å². The number of ketones is 1. The summed E-state index contributed by atoms with van der Waals surface area (Å²) in [4.78, 5) is 16.4. The van der Waals surface area contributed by atoms with Crippen molar-refractivity contribution in [2.24, 2.45) is 0 Å². The number of hydrogen-bond acceptors (Lipinski definition) is 3. The third-order valence-electron chi connectivity index (χ3n) is 4.19. The van der Waals surface area contributed by atoms with Crippen molar-refractivity contribution in [3.8, 4) is 0 Å². The van der Waals surface area contributed by atoms with Gasteiger partial charge in [-0.25, -0.2) is 8.78 Å². The second kappa shape index (κ2) is 7.09. The fraction of sp³-hybridized carbons (Fsp3) is 0.562. The van der Waals surface area contributed by atoms with E-state index < -0.39 is 11.6 Å². The van der Waals surface area contributed by atoms with Crippen LogP contribution >= 0.6 is 0 Å². The number of benzene rings is 1. The molecular formula is C16H22F2N2O. The lowest BCUT2D eigenvalue weighted by Crippen LogP contribution is -2.42. The molecule has 0 atom stereocenters. The van der Waals surface area contributed by atoms with Crippen LogP contribution in [0.2, 0.25) is 0 Å². The topological polar surface area (TPSA) is 23.6 Å². The predicted octanol–water partition coefficient (Wildman–Crippen LogP) is 2.56. The molecule has 0 radical (unpaired) electrons. The molecule has 0 spiro atoms. The Kier molecular flexibility index (Phi) is 5.42. The van der Waals surface area contributed by atoms with Gasteiger partial charge in [0.1, 0.15) is 0 Å². The molecule has 1 aliphatic rings. The third-order valence-corrected chi connectivity index (χ3v) is 4.19. The largest absolute Gasteiger partial charge is 0.306 e. The van der Waals surface area contributed by atoms with E-state index in [9.17, 15) is 13.6 Å². The number of likely N-dealkylation sites (tertiary alicyclic amines) is 1. The highest BCUT2D eigenvalue weighted by Gasteiger charge is 2.21. The maximum Gasteiger partial charge on any atom is 0.169 e. The average molecular weight is 296 g/mol. The van der Waals surface area contributed by atoms with Gasteiger partial charge in [-0.1, -0.05) is 6.07 Å². The molecule has 1 saturated heterocycles. The van der Waals surface area contributed by atoms with Gasteiger partial charge in [-0.3, -0.25) is 4.79 Å². The van der Waals surface area contributed by atoms with E-state index in [1.807, 2.05) is 0 Å². The van der Waals surface area contributed by atoms with Crippen molar-refractivity contribution in [3.63, 3.8) is 0 Å². The predicted molar refractivity (Wildman–Crippen MR) is 78.5 cm³/mol. The molecule has 5 heteroatoms. The summed E-state index contributed by atoms with van der Waals surface area (Å²) in [5.74, 6) is -2.33. The molecule has 0 unspecified atom stereocenters. The van der Waals surface area contributed by atoms with Gasteiger partial charge in [-0.2, -0.15) is 0 Å². The molecule has 1 aromatic rings. The van der Waals surface area contributed by atoms with Crippen LogP contribution in [-0.2, 0) is 0 Å². The average Bonchev–Trinajstić information content (AvgIpc) is 2.48. The van der Waals surface area contributed by atoms with E-state index in [-0.39, 0.29) is 17.8 Å². The zero-order chi connectivity index (χ0) is 15.4. The monoisotopic (exact) mass is 296 g/mol. The smallest absolute Gasteiger partial charge is 0.169 e. The van der Waals surface area contributed by atoms with Gasteiger partial charge in [0.2, 0.25) is 0 Å². The van der Waals surface area contributed by atoms with Gasteiger partial charge in [0.15, 0.2) is 17.4 Å². The summed E-state index contributed by atoms with van der Waals surface area (Å²) < 4.78 is 26.7. The van der Waals surface area contributed by atoms with E-state index in [4.69, 9.17) is 0 Å². The van der Waals surface area contributed by atoms with Gasteiger partial charge in [0.05, 0.1) is 5.56 Å². The quantitative estimate of drug-likeness (QED) is 0.780. The van der Waals surface area contributed by atoms with Crippen LogP contribution in [0.4, 0.5) is 8.78 Å². The van der Waals surface area contributed by atoms with Crippen molar-refractivity contribution in [2.45, 2.75) is 25.3 Å². The maximum atomic E-state index is 13.5. The van der Waals surface area contributed by atoms with Crippen LogP contribution in [0.3, 0.4) is 0 Å². The molecule has 0 aliphatic carbocycles. The summed E-state index contributed by atoms with van der Waals surface area (Å²) in [6, 6.07) is 4.34. The third kappa shape index (κ3) is 4.08. The van der Waals surface area contributed by atoms with Crippen molar-refractivity contribution in [1.82, 2.24) is 9.80 Å². The number of hydrogen-bond donors (Lipinski definition) is 0. The minimum Gasteiger partial charge on any atom is -0.306 e. The van der Waals surface area contributed by atoms with Crippen molar-refractivity contribution in [2.75, 3.05) is 33.7 Å². The molecule has 0 saturated carbocycles. The Morgan fingerprint density at radius 3 is 2.57 bits per heavy atom. The Morgan fingerprint density at radius 1 is 1.29 bits per heavy atom. The molecule has 1 aromatic carbocycles. The normalized spacial score (nSPS) is 17.4. The Morgan fingerprint density at radius 2 is 1.95 bits per heavy atom. The van der Waals surface area contributed by atoms with E-state index in [1.54, 1.807) is 0 Å². The first-order chi connectivity index (χ1) is 9.99. The number of carbonyl (C=O) groups is 1. The van der Waals surface area contributed by atoms with E-state index in [1.165, 1.54) is 12.1 Å². The summed E-state index contributed by atoms with van der Waals surface area (Å²) in [7, 11) is 4.16. The molecule has 1 fully saturated rings. The molecule has 0 bridgehead atoms. The van der Waals surface area contributed by atoms with Gasteiger partial charge >= 0.3 is 0 Å². The SMILES string of the molecule is CN(C)C1CCN(CCC(=O)c2cccc(F)c2F)CC1. The summed E-state index contributed by atoms with van der Waals surface area (Å²) in [5, 5.41) is 0. The molecule has 0 aromatic heterocycles. The van der Waals surface area contributed by atoms with Crippen molar-refractivity contribution < 1.29 is 13.6 Å². The van der Waals surface area contributed by atoms with E-state index in [2.05, 4.69) is 23.9 Å². The summed E-state index contributed by atoms with van der Waals surface area (Å²) >= 11 is 0. The van der Waals surface area contributed by atoms with Gasteiger partial charge in [0, 0.05) is 19.0 Å². The van der Waals surface area contributed by atoms with Crippen molar-refractivity contribution in [1.29, 1.82) is 0 Å². The van der Waals surface area contributed by atoms with Crippen LogP contribution < -0.4 is 0 Å². The number of carbonyl (C=O) groups excluding carboxylic acids is 1. The van der Waals surface area contributed by atoms with Crippen molar-refractivity contribution in [3.05, 3.63) is 35.4 Å². The van der Waals surface area contributed by atoms with Crippen molar-refractivity contribution >= 4 is 5.78 Å². The molecule has 1 heterocycles. The number of piperidine rings is 1. The lowest BCUT2D eigenvalue weighted by molar-refractivity contribution is 0.0935. The second-order valence-corrected chi connectivity index (χ2v) is 5.81. The van der Waals surface area contributed by atoms with E-state index in [0.717, 1.165) is 32.0 Å². The Labute approximate surface area is 124 Å². The molecule has 0 N–H and O–H groups in total. The van der Waals surface area contributed by atoms with Gasteiger partial charge in [0.25, 0.3) is 0 Å². The molecule has 3 nitrogen and oxygen atoms in total. The highest BCUT2D eigenvalue weighted by molar-refractivity contribution is 5.96. The zero-order valence-electron chi connectivity index (χ0n) is 12.6. The molecular weight excluding hydrogens is 274 g/mol. The van der Waals surface area contributed by atoms with Crippen LogP contribution in [0.5, 0.6) is 0 Å². The summed E-state index contributed by atoms with van der Waals surface area (Å²) in [6.07, 6.45) is 2.39. The molecule has 1 aliphatic heterocycles.